The maximum absolute atomic E-state index is 13.7. The number of hydrogen-bond donors (Lipinski definition) is 2. The molecule has 0 aliphatic carbocycles. The number of aliphatic hydroxyl groups is 1. The largest absolute Gasteiger partial charge is 0.397 e. The summed E-state index contributed by atoms with van der Waals surface area (Å²) in [5.41, 5.74) is 6.06. The first-order valence-corrected chi connectivity index (χ1v) is 5.72. The van der Waals surface area contributed by atoms with Crippen LogP contribution in [-0.4, -0.2) is 24.8 Å². The summed E-state index contributed by atoms with van der Waals surface area (Å²) < 4.78 is 26.9. The van der Waals surface area contributed by atoms with Gasteiger partial charge < -0.3 is 15.7 Å². The summed E-state index contributed by atoms with van der Waals surface area (Å²) in [5.74, 6) is -1.69. The molecule has 0 aromatic heterocycles. The number of anilines is 2. The molecule has 1 saturated heterocycles. The average Bonchev–Trinajstić information content (AvgIpc) is 2.35. The maximum Gasteiger partial charge on any atom is 0.184 e. The molecule has 0 bridgehead atoms. The first-order chi connectivity index (χ1) is 8.13. The second kappa shape index (κ2) is 4.87. The van der Waals surface area contributed by atoms with E-state index in [0.29, 0.717) is 13.1 Å². The molecule has 1 aromatic rings. The predicted octanol–water partition coefficient (Wildman–Crippen LogP) is 1.76. The summed E-state index contributed by atoms with van der Waals surface area (Å²) in [7, 11) is 0. The Morgan fingerprint density at radius 2 is 2.18 bits per heavy atom. The van der Waals surface area contributed by atoms with Gasteiger partial charge >= 0.3 is 0 Å². The molecule has 1 aromatic carbocycles. The van der Waals surface area contributed by atoms with Gasteiger partial charge in [-0.3, -0.25) is 0 Å². The van der Waals surface area contributed by atoms with Crippen molar-refractivity contribution in [2.45, 2.75) is 12.8 Å². The minimum absolute atomic E-state index is 0.0628. The maximum atomic E-state index is 13.7. The minimum Gasteiger partial charge on any atom is -0.397 e. The van der Waals surface area contributed by atoms with Gasteiger partial charge in [0, 0.05) is 19.7 Å². The van der Waals surface area contributed by atoms with E-state index in [-0.39, 0.29) is 23.9 Å². The van der Waals surface area contributed by atoms with Gasteiger partial charge in [0.25, 0.3) is 0 Å². The SMILES string of the molecule is Nc1ccc(F)c(F)c1N1CCCC(CO)C1. The van der Waals surface area contributed by atoms with Gasteiger partial charge in [-0.05, 0) is 30.9 Å². The van der Waals surface area contributed by atoms with E-state index in [0.717, 1.165) is 18.9 Å². The topological polar surface area (TPSA) is 49.5 Å². The van der Waals surface area contributed by atoms with Crippen LogP contribution in [0.3, 0.4) is 0 Å². The third kappa shape index (κ3) is 2.34. The summed E-state index contributed by atoms with van der Waals surface area (Å²) in [4.78, 5) is 1.72. The van der Waals surface area contributed by atoms with Crippen LogP contribution >= 0.6 is 0 Å². The molecular weight excluding hydrogens is 226 g/mol. The molecule has 1 aliphatic rings. The zero-order chi connectivity index (χ0) is 12.4. The molecule has 1 atom stereocenters. The van der Waals surface area contributed by atoms with Crippen molar-refractivity contribution in [3.63, 3.8) is 0 Å². The molecule has 3 nitrogen and oxygen atoms in total. The summed E-state index contributed by atoms with van der Waals surface area (Å²) in [6.45, 7) is 1.22. The van der Waals surface area contributed by atoms with Crippen molar-refractivity contribution in [3.05, 3.63) is 23.8 Å². The smallest absolute Gasteiger partial charge is 0.184 e. The minimum atomic E-state index is -0.899. The van der Waals surface area contributed by atoms with Gasteiger partial charge in [-0.1, -0.05) is 0 Å². The van der Waals surface area contributed by atoms with Gasteiger partial charge in [-0.25, -0.2) is 8.78 Å². The van der Waals surface area contributed by atoms with Gasteiger partial charge in [0.15, 0.2) is 11.6 Å². The number of nitrogens with two attached hydrogens (primary N) is 1. The summed E-state index contributed by atoms with van der Waals surface area (Å²) in [5, 5.41) is 9.12. The Labute approximate surface area is 98.8 Å². The molecule has 0 amide bonds. The first kappa shape index (κ1) is 12.1. The summed E-state index contributed by atoms with van der Waals surface area (Å²) in [6, 6.07) is 2.40. The van der Waals surface area contributed by atoms with E-state index in [2.05, 4.69) is 0 Å². The highest BCUT2D eigenvalue weighted by atomic mass is 19.2. The van der Waals surface area contributed by atoms with Crippen molar-refractivity contribution in [3.8, 4) is 0 Å². The Balaban J connectivity index is 2.30. The Morgan fingerprint density at radius 3 is 2.88 bits per heavy atom. The number of aliphatic hydroxyl groups excluding tert-OH is 1. The standard InChI is InChI=1S/C12H16F2N2O/c13-9-3-4-10(15)12(11(9)14)16-5-1-2-8(6-16)7-17/h3-4,8,17H,1-2,5-7,15H2. The summed E-state index contributed by atoms with van der Waals surface area (Å²) in [6.07, 6.45) is 1.75. The molecule has 0 radical (unpaired) electrons. The van der Waals surface area contributed by atoms with Crippen LogP contribution in [0.1, 0.15) is 12.8 Å². The lowest BCUT2D eigenvalue weighted by molar-refractivity contribution is 0.208. The second-order valence-electron chi connectivity index (χ2n) is 4.44. The van der Waals surface area contributed by atoms with Gasteiger partial charge in [-0.15, -0.1) is 0 Å². The Hall–Kier alpha value is -1.36. The van der Waals surface area contributed by atoms with E-state index in [4.69, 9.17) is 10.8 Å². The second-order valence-corrected chi connectivity index (χ2v) is 4.44. The first-order valence-electron chi connectivity index (χ1n) is 5.72. The quantitative estimate of drug-likeness (QED) is 0.777. The van der Waals surface area contributed by atoms with Crippen LogP contribution in [0.4, 0.5) is 20.2 Å². The fourth-order valence-electron chi connectivity index (χ4n) is 2.29. The predicted molar refractivity (Wildman–Crippen MR) is 62.8 cm³/mol. The molecule has 1 heterocycles. The van der Waals surface area contributed by atoms with Crippen molar-refractivity contribution in [2.75, 3.05) is 30.3 Å². The van der Waals surface area contributed by atoms with E-state index in [1.165, 1.54) is 6.07 Å². The lowest BCUT2D eigenvalue weighted by Gasteiger charge is -2.34. The Morgan fingerprint density at radius 1 is 1.41 bits per heavy atom. The number of halogens is 2. The third-order valence-electron chi connectivity index (χ3n) is 3.19. The van der Waals surface area contributed by atoms with Crippen LogP contribution < -0.4 is 10.6 Å². The van der Waals surface area contributed by atoms with Crippen molar-refractivity contribution in [2.24, 2.45) is 5.92 Å². The highest BCUT2D eigenvalue weighted by Gasteiger charge is 2.24. The zero-order valence-corrected chi connectivity index (χ0v) is 9.50. The highest BCUT2D eigenvalue weighted by molar-refractivity contribution is 5.68. The molecule has 0 saturated carbocycles. The molecule has 0 spiro atoms. The molecule has 2 rings (SSSR count). The molecule has 5 heteroatoms. The van der Waals surface area contributed by atoms with Gasteiger partial charge in [-0.2, -0.15) is 0 Å². The Kier molecular flexibility index (Phi) is 3.47. The number of piperidine rings is 1. The number of nitrogen functional groups attached to an aromatic ring is 1. The van der Waals surface area contributed by atoms with Crippen LogP contribution in [0.15, 0.2) is 12.1 Å². The molecule has 94 valence electrons. The fraction of sp³-hybridized carbons (Fsp3) is 0.500. The molecular formula is C12H16F2N2O. The molecule has 1 fully saturated rings. The van der Waals surface area contributed by atoms with Crippen LogP contribution in [0.25, 0.3) is 0 Å². The van der Waals surface area contributed by atoms with Crippen LogP contribution in [0.5, 0.6) is 0 Å². The zero-order valence-electron chi connectivity index (χ0n) is 9.50. The van der Waals surface area contributed by atoms with Crippen molar-refractivity contribution in [1.29, 1.82) is 0 Å². The van der Waals surface area contributed by atoms with E-state index in [1.54, 1.807) is 4.90 Å². The number of benzene rings is 1. The normalized spacial score (nSPS) is 20.6. The van der Waals surface area contributed by atoms with Crippen LogP contribution in [0, 0.1) is 17.6 Å². The lowest BCUT2D eigenvalue weighted by atomic mass is 9.98. The molecule has 3 N–H and O–H groups in total. The average molecular weight is 242 g/mol. The number of rotatable bonds is 2. The van der Waals surface area contributed by atoms with E-state index >= 15 is 0 Å². The highest BCUT2D eigenvalue weighted by Crippen LogP contribution is 2.31. The van der Waals surface area contributed by atoms with Crippen LogP contribution in [0.2, 0.25) is 0 Å². The molecule has 1 aliphatic heterocycles. The monoisotopic (exact) mass is 242 g/mol. The third-order valence-corrected chi connectivity index (χ3v) is 3.19. The van der Waals surface area contributed by atoms with Crippen molar-refractivity contribution >= 4 is 11.4 Å². The van der Waals surface area contributed by atoms with E-state index in [1.807, 2.05) is 0 Å². The van der Waals surface area contributed by atoms with Crippen molar-refractivity contribution < 1.29 is 13.9 Å². The lowest BCUT2D eigenvalue weighted by Crippen LogP contribution is -2.37. The molecule has 17 heavy (non-hydrogen) atoms. The Bertz CT molecular complexity index is 412. The number of nitrogens with zero attached hydrogens (tertiary/aromatic N) is 1. The summed E-state index contributed by atoms with van der Waals surface area (Å²) >= 11 is 0. The fourth-order valence-corrected chi connectivity index (χ4v) is 2.29. The van der Waals surface area contributed by atoms with Gasteiger partial charge in [0.2, 0.25) is 0 Å². The van der Waals surface area contributed by atoms with Gasteiger partial charge in [0.05, 0.1) is 11.4 Å². The van der Waals surface area contributed by atoms with Gasteiger partial charge in [0.1, 0.15) is 0 Å². The van der Waals surface area contributed by atoms with E-state index < -0.39 is 11.6 Å². The molecule has 1 unspecified atom stereocenters. The van der Waals surface area contributed by atoms with Crippen LogP contribution in [-0.2, 0) is 0 Å². The van der Waals surface area contributed by atoms with E-state index in [9.17, 15) is 8.78 Å². The van der Waals surface area contributed by atoms with Crippen molar-refractivity contribution in [1.82, 2.24) is 0 Å². The number of hydrogen-bond acceptors (Lipinski definition) is 3.